The zero-order valence-electron chi connectivity index (χ0n) is 9.51. The van der Waals surface area contributed by atoms with Crippen LogP contribution in [0.4, 0.5) is 5.69 Å². The Bertz CT molecular complexity index is 489. The van der Waals surface area contributed by atoms with Crippen molar-refractivity contribution in [2.45, 2.75) is 12.5 Å². The number of amides is 2. The number of hydrogen-bond donors (Lipinski definition) is 3. The monoisotopic (exact) mass is 251 g/mol. The maximum absolute atomic E-state index is 11.6. The first-order valence-electron chi connectivity index (χ1n) is 5.30. The van der Waals surface area contributed by atoms with Crippen LogP contribution in [0.5, 0.6) is 11.5 Å². The highest BCUT2D eigenvalue weighted by molar-refractivity contribution is 5.97. The van der Waals surface area contributed by atoms with Gasteiger partial charge in [-0.05, 0) is 12.1 Å². The second kappa shape index (κ2) is 4.92. The van der Waals surface area contributed by atoms with E-state index in [2.05, 4.69) is 5.32 Å². The fourth-order valence-electron chi connectivity index (χ4n) is 1.52. The molecule has 18 heavy (non-hydrogen) atoms. The van der Waals surface area contributed by atoms with Gasteiger partial charge in [-0.15, -0.1) is 0 Å². The third-order valence-corrected chi connectivity index (χ3v) is 2.40. The molecule has 0 aliphatic carbocycles. The molecule has 2 amide bonds. The van der Waals surface area contributed by atoms with Crippen molar-refractivity contribution in [2.75, 3.05) is 12.1 Å². The third kappa shape index (κ3) is 2.69. The fourth-order valence-corrected chi connectivity index (χ4v) is 1.52. The zero-order chi connectivity index (χ0) is 13.1. The van der Waals surface area contributed by atoms with Crippen LogP contribution in [0.3, 0.4) is 0 Å². The molecule has 1 aliphatic heterocycles. The molecule has 0 bridgehead atoms. The molecule has 1 aromatic carbocycles. The Balaban J connectivity index is 2.01. The number of benzene rings is 1. The van der Waals surface area contributed by atoms with Crippen LogP contribution in [0.1, 0.15) is 6.42 Å². The molecule has 7 heteroatoms. The Morgan fingerprint density at radius 3 is 2.78 bits per heavy atom. The van der Waals surface area contributed by atoms with Gasteiger partial charge in [-0.1, -0.05) is 0 Å². The fraction of sp³-hybridized carbons (Fsp3) is 0.273. The van der Waals surface area contributed by atoms with Gasteiger partial charge in [0.05, 0.1) is 12.5 Å². The van der Waals surface area contributed by atoms with Crippen LogP contribution in [-0.2, 0) is 9.59 Å². The van der Waals surface area contributed by atoms with E-state index in [9.17, 15) is 9.59 Å². The van der Waals surface area contributed by atoms with Gasteiger partial charge in [-0.2, -0.15) is 0 Å². The van der Waals surface area contributed by atoms with E-state index in [-0.39, 0.29) is 13.2 Å². The van der Waals surface area contributed by atoms with Crippen LogP contribution in [-0.4, -0.2) is 24.6 Å². The van der Waals surface area contributed by atoms with Gasteiger partial charge < -0.3 is 26.3 Å². The smallest absolute Gasteiger partial charge is 0.241 e. The number of nitrogens with one attached hydrogen (secondary N) is 1. The van der Waals surface area contributed by atoms with Gasteiger partial charge in [-0.3, -0.25) is 9.59 Å². The number of rotatable bonds is 4. The quantitative estimate of drug-likeness (QED) is 0.670. The third-order valence-electron chi connectivity index (χ3n) is 2.40. The van der Waals surface area contributed by atoms with Crippen molar-refractivity contribution in [3.8, 4) is 11.5 Å². The summed E-state index contributed by atoms with van der Waals surface area (Å²) in [6.45, 7) is 0.161. The summed E-state index contributed by atoms with van der Waals surface area (Å²) in [4.78, 5) is 22.3. The number of carbonyl (C=O) groups is 2. The molecule has 96 valence electrons. The van der Waals surface area contributed by atoms with Crippen LogP contribution >= 0.6 is 0 Å². The molecule has 0 spiro atoms. The van der Waals surface area contributed by atoms with Gasteiger partial charge in [0, 0.05) is 11.8 Å². The molecule has 1 unspecified atom stereocenters. The van der Waals surface area contributed by atoms with Crippen LogP contribution in [0.25, 0.3) is 0 Å². The Kier molecular flexibility index (Phi) is 3.33. The van der Waals surface area contributed by atoms with E-state index in [0.717, 1.165) is 0 Å². The molecule has 2 rings (SSSR count). The van der Waals surface area contributed by atoms with Gasteiger partial charge in [-0.25, -0.2) is 0 Å². The lowest BCUT2D eigenvalue weighted by Crippen LogP contribution is -2.38. The Hall–Kier alpha value is -2.28. The minimum absolute atomic E-state index is 0.161. The number of anilines is 1. The standard InChI is InChI=1S/C11H13N3O4/c12-7(4-10(13)15)11(16)14-6-1-2-8-9(3-6)18-5-17-8/h1-3,7H,4-5,12H2,(H2,13,15)(H,14,16). The van der Waals surface area contributed by atoms with E-state index in [0.29, 0.717) is 17.2 Å². The van der Waals surface area contributed by atoms with Crippen molar-refractivity contribution >= 4 is 17.5 Å². The molecule has 0 fully saturated rings. The summed E-state index contributed by atoms with van der Waals surface area (Å²) in [6.07, 6.45) is -0.198. The van der Waals surface area contributed by atoms with Crippen LogP contribution < -0.4 is 26.3 Å². The van der Waals surface area contributed by atoms with Crippen molar-refractivity contribution in [2.24, 2.45) is 11.5 Å². The molecular weight excluding hydrogens is 238 g/mol. The van der Waals surface area contributed by atoms with Gasteiger partial charge in [0.2, 0.25) is 18.6 Å². The molecule has 0 radical (unpaired) electrons. The highest BCUT2D eigenvalue weighted by Crippen LogP contribution is 2.34. The number of hydrogen-bond acceptors (Lipinski definition) is 5. The summed E-state index contributed by atoms with van der Waals surface area (Å²) in [5.74, 6) is 0.0710. The number of nitrogens with two attached hydrogens (primary N) is 2. The Morgan fingerprint density at radius 1 is 1.33 bits per heavy atom. The predicted molar refractivity (Wildman–Crippen MR) is 63.0 cm³/mol. The topological polar surface area (TPSA) is 117 Å². The van der Waals surface area contributed by atoms with E-state index < -0.39 is 17.9 Å². The summed E-state index contributed by atoms with van der Waals surface area (Å²) in [7, 11) is 0. The normalized spacial score (nSPS) is 14.1. The largest absolute Gasteiger partial charge is 0.454 e. The van der Waals surface area contributed by atoms with Crippen LogP contribution in [0, 0.1) is 0 Å². The number of ether oxygens (including phenoxy) is 2. The molecule has 1 heterocycles. The molecule has 1 aromatic rings. The van der Waals surface area contributed by atoms with E-state index in [1.54, 1.807) is 18.2 Å². The van der Waals surface area contributed by atoms with Crippen molar-refractivity contribution in [1.29, 1.82) is 0 Å². The lowest BCUT2D eigenvalue weighted by molar-refractivity contribution is -0.123. The summed E-state index contributed by atoms with van der Waals surface area (Å²) in [5.41, 5.74) is 11.0. The van der Waals surface area contributed by atoms with Crippen molar-refractivity contribution in [3.05, 3.63) is 18.2 Å². The van der Waals surface area contributed by atoms with Crippen LogP contribution in [0.15, 0.2) is 18.2 Å². The first-order valence-corrected chi connectivity index (χ1v) is 5.30. The Morgan fingerprint density at radius 2 is 2.06 bits per heavy atom. The molecule has 0 saturated carbocycles. The number of carbonyl (C=O) groups excluding carboxylic acids is 2. The summed E-state index contributed by atoms with van der Waals surface area (Å²) in [5, 5.41) is 2.57. The van der Waals surface area contributed by atoms with E-state index in [1.807, 2.05) is 0 Å². The average Bonchev–Trinajstić information content (AvgIpc) is 2.75. The summed E-state index contributed by atoms with van der Waals surface area (Å²) < 4.78 is 10.3. The van der Waals surface area contributed by atoms with Gasteiger partial charge in [0.25, 0.3) is 0 Å². The summed E-state index contributed by atoms with van der Waals surface area (Å²) >= 11 is 0. The van der Waals surface area contributed by atoms with Gasteiger partial charge >= 0.3 is 0 Å². The molecule has 1 atom stereocenters. The van der Waals surface area contributed by atoms with E-state index in [1.165, 1.54) is 0 Å². The Labute approximate surface area is 103 Å². The molecule has 0 saturated heterocycles. The number of fused-ring (bicyclic) bond motifs is 1. The molecule has 5 N–H and O–H groups in total. The second-order valence-corrected chi connectivity index (χ2v) is 3.83. The SMILES string of the molecule is NC(=O)CC(N)C(=O)Nc1ccc2c(c1)OCO2. The zero-order valence-corrected chi connectivity index (χ0v) is 9.51. The minimum Gasteiger partial charge on any atom is -0.454 e. The van der Waals surface area contributed by atoms with Gasteiger partial charge in [0.1, 0.15) is 0 Å². The number of primary amides is 1. The minimum atomic E-state index is -0.965. The highest BCUT2D eigenvalue weighted by Gasteiger charge is 2.18. The van der Waals surface area contributed by atoms with Crippen molar-refractivity contribution < 1.29 is 19.1 Å². The molecule has 1 aliphatic rings. The summed E-state index contributed by atoms with van der Waals surface area (Å²) in [6, 6.07) is 3.99. The maximum atomic E-state index is 11.6. The van der Waals surface area contributed by atoms with Crippen molar-refractivity contribution in [3.63, 3.8) is 0 Å². The van der Waals surface area contributed by atoms with Gasteiger partial charge in [0.15, 0.2) is 11.5 Å². The van der Waals surface area contributed by atoms with E-state index >= 15 is 0 Å². The van der Waals surface area contributed by atoms with Crippen LogP contribution in [0.2, 0.25) is 0 Å². The first-order chi connectivity index (χ1) is 8.56. The maximum Gasteiger partial charge on any atom is 0.241 e. The lowest BCUT2D eigenvalue weighted by atomic mass is 10.2. The first kappa shape index (κ1) is 12.2. The second-order valence-electron chi connectivity index (χ2n) is 3.83. The molecule has 7 nitrogen and oxygen atoms in total. The molecule has 0 aromatic heterocycles. The average molecular weight is 251 g/mol. The highest BCUT2D eigenvalue weighted by atomic mass is 16.7. The predicted octanol–water partition coefficient (Wildman–Crippen LogP) is -0.444. The lowest BCUT2D eigenvalue weighted by Gasteiger charge is -2.10. The van der Waals surface area contributed by atoms with Crippen molar-refractivity contribution in [1.82, 2.24) is 0 Å². The van der Waals surface area contributed by atoms with E-state index in [4.69, 9.17) is 20.9 Å². The molecular formula is C11H13N3O4.